The molecule has 1 aromatic rings. The number of aliphatic imine (C=N–C) groups is 1. The molecule has 0 spiro atoms. The third-order valence-electron chi connectivity index (χ3n) is 4.19. The van der Waals surface area contributed by atoms with Gasteiger partial charge in [0.15, 0.2) is 0 Å². The van der Waals surface area contributed by atoms with Crippen molar-refractivity contribution < 1.29 is 0 Å². The average Bonchev–Trinajstić information content (AvgIpc) is 2.60. The minimum atomic E-state index is 0.266. The van der Waals surface area contributed by atoms with Gasteiger partial charge in [-0.3, -0.25) is 0 Å². The van der Waals surface area contributed by atoms with E-state index in [1.54, 1.807) is 0 Å². The van der Waals surface area contributed by atoms with Crippen LogP contribution in [0.2, 0.25) is 0 Å². The normalized spacial score (nSPS) is 24.3. The Morgan fingerprint density at radius 3 is 2.89 bits per heavy atom. The monoisotopic (exact) mass is 274 g/mol. The first-order chi connectivity index (χ1) is 8.99. The minimum Gasteiger partial charge on any atom is -0.339 e. The Kier molecular flexibility index (Phi) is 2.94. The first-order valence-corrected chi connectivity index (χ1v) is 7.17. The SMILES string of the molecule is CC1CC(C)(C)c2cccc(N3C=C(Cl)N=CC3)c21. The molecule has 1 aliphatic heterocycles. The van der Waals surface area contributed by atoms with Crippen molar-refractivity contribution in [2.45, 2.75) is 38.5 Å². The van der Waals surface area contributed by atoms with Crippen molar-refractivity contribution in [2.75, 3.05) is 11.4 Å². The summed E-state index contributed by atoms with van der Waals surface area (Å²) >= 11 is 6.03. The summed E-state index contributed by atoms with van der Waals surface area (Å²) in [5.41, 5.74) is 4.50. The molecule has 1 aromatic carbocycles. The van der Waals surface area contributed by atoms with E-state index >= 15 is 0 Å². The van der Waals surface area contributed by atoms with E-state index in [1.807, 2.05) is 12.4 Å². The third kappa shape index (κ3) is 2.08. The molecule has 1 aliphatic carbocycles. The molecule has 2 nitrogen and oxygen atoms in total. The molecule has 3 heteroatoms. The van der Waals surface area contributed by atoms with Crippen LogP contribution in [-0.2, 0) is 5.41 Å². The lowest BCUT2D eigenvalue weighted by atomic mass is 9.86. The molecule has 0 aromatic heterocycles. The van der Waals surface area contributed by atoms with Gasteiger partial charge in [-0.1, -0.05) is 44.5 Å². The molecule has 0 bridgehead atoms. The van der Waals surface area contributed by atoms with Gasteiger partial charge in [-0.25, -0.2) is 4.99 Å². The standard InChI is InChI=1S/C16H19ClN2/c1-11-9-16(2,3)12-5-4-6-13(15(11)12)19-8-7-18-14(17)10-19/h4-7,10-11H,8-9H2,1-3H3. The van der Waals surface area contributed by atoms with Crippen LogP contribution in [-0.4, -0.2) is 12.8 Å². The summed E-state index contributed by atoms with van der Waals surface area (Å²) in [6.07, 6.45) is 5.00. The molecule has 19 heavy (non-hydrogen) atoms. The molecule has 0 fully saturated rings. The molecule has 1 heterocycles. The maximum Gasteiger partial charge on any atom is 0.144 e. The molecule has 0 N–H and O–H groups in total. The van der Waals surface area contributed by atoms with Gasteiger partial charge in [0.25, 0.3) is 0 Å². The van der Waals surface area contributed by atoms with Crippen LogP contribution in [0.5, 0.6) is 0 Å². The fraction of sp³-hybridized carbons (Fsp3) is 0.438. The van der Waals surface area contributed by atoms with E-state index < -0.39 is 0 Å². The fourth-order valence-corrected chi connectivity index (χ4v) is 3.67. The molecular weight excluding hydrogens is 256 g/mol. The Morgan fingerprint density at radius 2 is 2.16 bits per heavy atom. The van der Waals surface area contributed by atoms with Crippen LogP contribution in [0.15, 0.2) is 34.5 Å². The molecule has 1 atom stereocenters. The molecule has 3 rings (SSSR count). The van der Waals surface area contributed by atoms with Crippen molar-refractivity contribution in [3.05, 3.63) is 40.7 Å². The Balaban J connectivity index is 2.10. The number of benzene rings is 1. The third-order valence-corrected chi connectivity index (χ3v) is 4.38. The summed E-state index contributed by atoms with van der Waals surface area (Å²) in [6, 6.07) is 6.61. The predicted molar refractivity (Wildman–Crippen MR) is 82.3 cm³/mol. The lowest BCUT2D eigenvalue weighted by Crippen LogP contribution is -2.23. The van der Waals surface area contributed by atoms with Crippen LogP contribution in [0.1, 0.15) is 44.2 Å². The quantitative estimate of drug-likeness (QED) is 0.693. The summed E-state index contributed by atoms with van der Waals surface area (Å²) < 4.78 is 0. The van der Waals surface area contributed by atoms with Gasteiger partial charge in [0.2, 0.25) is 0 Å². The van der Waals surface area contributed by atoms with E-state index in [9.17, 15) is 0 Å². The van der Waals surface area contributed by atoms with Gasteiger partial charge in [0, 0.05) is 18.1 Å². The minimum absolute atomic E-state index is 0.266. The zero-order chi connectivity index (χ0) is 13.6. The van der Waals surface area contributed by atoms with Gasteiger partial charge < -0.3 is 4.90 Å². The van der Waals surface area contributed by atoms with E-state index in [4.69, 9.17) is 11.6 Å². The largest absolute Gasteiger partial charge is 0.339 e. The number of nitrogens with zero attached hydrogens (tertiary/aromatic N) is 2. The molecule has 2 aliphatic rings. The van der Waals surface area contributed by atoms with E-state index in [-0.39, 0.29) is 5.41 Å². The van der Waals surface area contributed by atoms with Crippen LogP contribution in [0.25, 0.3) is 0 Å². The molecule has 0 radical (unpaired) electrons. The van der Waals surface area contributed by atoms with Crippen LogP contribution in [0.4, 0.5) is 5.69 Å². The maximum absolute atomic E-state index is 6.03. The van der Waals surface area contributed by atoms with Crippen LogP contribution in [0, 0.1) is 0 Å². The Morgan fingerprint density at radius 1 is 1.37 bits per heavy atom. The van der Waals surface area contributed by atoms with Crippen molar-refractivity contribution in [3.63, 3.8) is 0 Å². The van der Waals surface area contributed by atoms with Crippen molar-refractivity contribution in [1.29, 1.82) is 0 Å². The van der Waals surface area contributed by atoms with Crippen LogP contribution in [0.3, 0.4) is 0 Å². The Hall–Kier alpha value is -1.28. The van der Waals surface area contributed by atoms with Crippen molar-refractivity contribution in [3.8, 4) is 0 Å². The van der Waals surface area contributed by atoms with Crippen molar-refractivity contribution >= 4 is 23.5 Å². The topological polar surface area (TPSA) is 15.6 Å². The maximum atomic E-state index is 6.03. The van der Waals surface area contributed by atoms with E-state index in [1.165, 1.54) is 23.2 Å². The van der Waals surface area contributed by atoms with E-state index in [0.717, 1.165) is 6.54 Å². The van der Waals surface area contributed by atoms with Gasteiger partial charge in [-0.15, -0.1) is 0 Å². The van der Waals surface area contributed by atoms with Gasteiger partial charge in [-0.05, 0) is 34.9 Å². The highest BCUT2D eigenvalue weighted by molar-refractivity contribution is 6.30. The summed E-state index contributed by atoms with van der Waals surface area (Å²) in [4.78, 5) is 6.31. The smallest absolute Gasteiger partial charge is 0.144 e. The number of hydrogen-bond donors (Lipinski definition) is 0. The number of fused-ring (bicyclic) bond motifs is 1. The highest BCUT2D eigenvalue weighted by Gasteiger charge is 2.36. The van der Waals surface area contributed by atoms with Crippen LogP contribution < -0.4 is 4.90 Å². The summed E-state index contributed by atoms with van der Waals surface area (Å²) in [5, 5.41) is 0.550. The van der Waals surface area contributed by atoms with Crippen molar-refractivity contribution in [2.24, 2.45) is 4.99 Å². The average molecular weight is 275 g/mol. The Bertz CT molecular complexity index is 572. The van der Waals surface area contributed by atoms with Gasteiger partial charge >= 0.3 is 0 Å². The second-order valence-corrected chi connectivity index (χ2v) is 6.53. The van der Waals surface area contributed by atoms with Crippen molar-refractivity contribution in [1.82, 2.24) is 0 Å². The zero-order valence-corrected chi connectivity index (χ0v) is 12.4. The summed E-state index contributed by atoms with van der Waals surface area (Å²) in [6.45, 7) is 7.78. The van der Waals surface area contributed by atoms with Crippen LogP contribution >= 0.6 is 11.6 Å². The molecule has 0 saturated carbocycles. The lowest BCUT2D eigenvalue weighted by molar-refractivity contribution is 0.489. The summed E-state index contributed by atoms with van der Waals surface area (Å²) in [7, 11) is 0. The fourth-order valence-electron chi connectivity index (χ4n) is 3.49. The van der Waals surface area contributed by atoms with E-state index in [2.05, 4.69) is 48.9 Å². The first kappa shape index (κ1) is 12.7. The predicted octanol–water partition coefficient (Wildman–Crippen LogP) is 4.40. The molecular formula is C16H19ClN2. The highest BCUT2D eigenvalue weighted by atomic mass is 35.5. The van der Waals surface area contributed by atoms with Gasteiger partial charge in [0.05, 0.1) is 6.54 Å². The van der Waals surface area contributed by atoms with Gasteiger partial charge in [-0.2, -0.15) is 0 Å². The highest BCUT2D eigenvalue weighted by Crippen LogP contribution is 2.49. The van der Waals surface area contributed by atoms with E-state index in [0.29, 0.717) is 11.1 Å². The number of anilines is 1. The zero-order valence-electron chi connectivity index (χ0n) is 11.7. The lowest BCUT2D eigenvalue weighted by Gasteiger charge is -2.26. The van der Waals surface area contributed by atoms with Gasteiger partial charge in [0.1, 0.15) is 5.16 Å². The first-order valence-electron chi connectivity index (χ1n) is 6.79. The number of halogens is 1. The molecule has 0 amide bonds. The molecule has 100 valence electrons. The Labute approximate surface area is 119 Å². The second-order valence-electron chi connectivity index (χ2n) is 6.14. The molecule has 1 unspecified atom stereocenters. The number of hydrogen-bond acceptors (Lipinski definition) is 2. The number of rotatable bonds is 1. The second kappa shape index (κ2) is 4.38. The summed E-state index contributed by atoms with van der Waals surface area (Å²) in [5.74, 6) is 0.590. The molecule has 0 saturated heterocycles.